The van der Waals surface area contributed by atoms with Gasteiger partial charge < -0.3 is 9.47 Å². The minimum absolute atomic E-state index is 0.0461. The van der Waals surface area contributed by atoms with E-state index in [1.807, 2.05) is 30.3 Å². The summed E-state index contributed by atoms with van der Waals surface area (Å²) in [5.74, 6) is 4.46. The topological polar surface area (TPSA) is 52.6 Å². The third-order valence-electron chi connectivity index (χ3n) is 2.59. The van der Waals surface area contributed by atoms with Crippen LogP contribution < -0.4 is 0 Å². The number of carbonyl (C=O) groups is 2. The molecule has 1 aromatic rings. The standard InChI is InChI=1S/C17H18O4/c1-14(18)16(17(19)20-2)11-7-4-8-12-21-13-15-9-5-3-6-10-15/h3,5-6,9-11H,8,12-13H2,1-2H3/b16-11+. The van der Waals surface area contributed by atoms with Crippen LogP contribution >= 0.6 is 0 Å². The number of ether oxygens (including phenoxy) is 2. The molecular weight excluding hydrogens is 268 g/mol. The summed E-state index contributed by atoms with van der Waals surface area (Å²) in [5, 5.41) is 0. The summed E-state index contributed by atoms with van der Waals surface area (Å²) < 4.78 is 9.96. The van der Waals surface area contributed by atoms with Crippen molar-refractivity contribution in [1.82, 2.24) is 0 Å². The molecule has 4 nitrogen and oxygen atoms in total. The smallest absolute Gasteiger partial charge is 0.342 e. The van der Waals surface area contributed by atoms with E-state index in [1.54, 1.807) is 0 Å². The van der Waals surface area contributed by atoms with Crippen molar-refractivity contribution in [1.29, 1.82) is 0 Å². The molecule has 0 radical (unpaired) electrons. The lowest BCUT2D eigenvalue weighted by atomic mass is 10.2. The van der Waals surface area contributed by atoms with Crippen molar-refractivity contribution in [3.63, 3.8) is 0 Å². The van der Waals surface area contributed by atoms with Crippen LogP contribution in [0.3, 0.4) is 0 Å². The maximum absolute atomic E-state index is 11.3. The number of hydrogen-bond acceptors (Lipinski definition) is 4. The fraction of sp³-hybridized carbons (Fsp3) is 0.294. The monoisotopic (exact) mass is 286 g/mol. The first-order chi connectivity index (χ1) is 10.1. The molecule has 0 unspecified atom stereocenters. The van der Waals surface area contributed by atoms with Gasteiger partial charge in [-0.3, -0.25) is 4.79 Å². The third-order valence-corrected chi connectivity index (χ3v) is 2.59. The van der Waals surface area contributed by atoms with Crippen molar-refractivity contribution in [3.05, 3.63) is 47.5 Å². The van der Waals surface area contributed by atoms with Gasteiger partial charge >= 0.3 is 5.97 Å². The highest BCUT2D eigenvalue weighted by atomic mass is 16.5. The number of methoxy groups -OCH3 is 1. The Morgan fingerprint density at radius 2 is 1.95 bits per heavy atom. The Morgan fingerprint density at radius 3 is 2.57 bits per heavy atom. The van der Waals surface area contributed by atoms with Crippen LogP contribution in [0, 0.1) is 11.8 Å². The van der Waals surface area contributed by atoms with E-state index in [0.29, 0.717) is 19.6 Å². The number of hydrogen-bond donors (Lipinski definition) is 0. The molecule has 0 saturated heterocycles. The van der Waals surface area contributed by atoms with Gasteiger partial charge in [-0.1, -0.05) is 42.2 Å². The van der Waals surface area contributed by atoms with Gasteiger partial charge in [0, 0.05) is 12.5 Å². The Kier molecular flexibility index (Phi) is 7.55. The van der Waals surface area contributed by atoms with Crippen molar-refractivity contribution in [2.75, 3.05) is 13.7 Å². The molecule has 0 heterocycles. The van der Waals surface area contributed by atoms with Crippen LogP contribution in [0.15, 0.2) is 42.0 Å². The van der Waals surface area contributed by atoms with Gasteiger partial charge in [0.1, 0.15) is 5.57 Å². The zero-order valence-electron chi connectivity index (χ0n) is 12.2. The SMILES string of the molecule is COC(=O)/C(=C/C#CCCOCc1ccccc1)C(C)=O. The molecule has 0 fully saturated rings. The van der Waals surface area contributed by atoms with Crippen LogP contribution in [-0.4, -0.2) is 25.5 Å². The highest BCUT2D eigenvalue weighted by Crippen LogP contribution is 2.01. The number of rotatable bonds is 6. The quantitative estimate of drug-likeness (QED) is 0.201. The second kappa shape index (κ2) is 9.51. The summed E-state index contributed by atoms with van der Waals surface area (Å²) in [6.07, 6.45) is 1.81. The Morgan fingerprint density at radius 1 is 1.24 bits per heavy atom. The highest BCUT2D eigenvalue weighted by Gasteiger charge is 2.13. The molecule has 21 heavy (non-hydrogen) atoms. The number of carbonyl (C=O) groups excluding carboxylic acids is 2. The molecule has 0 spiro atoms. The number of ketones is 1. The first kappa shape index (κ1) is 16.7. The first-order valence-corrected chi connectivity index (χ1v) is 6.54. The lowest BCUT2D eigenvalue weighted by Crippen LogP contribution is -2.11. The molecule has 1 aromatic carbocycles. The Labute approximate surface area is 124 Å². The maximum Gasteiger partial charge on any atom is 0.342 e. The second-order valence-corrected chi connectivity index (χ2v) is 4.22. The van der Waals surface area contributed by atoms with Gasteiger partial charge in [0.2, 0.25) is 0 Å². The zero-order chi connectivity index (χ0) is 15.5. The average molecular weight is 286 g/mol. The van der Waals surface area contributed by atoms with Crippen LogP contribution in [0.25, 0.3) is 0 Å². The molecule has 4 heteroatoms. The van der Waals surface area contributed by atoms with Gasteiger partial charge in [-0.25, -0.2) is 4.79 Å². The zero-order valence-corrected chi connectivity index (χ0v) is 12.2. The summed E-state index contributed by atoms with van der Waals surface area (Å²) in [4.78, 5) is 22.5. The molecule has 110 valence electrons. The summed E-state index contributed by atoms with van der Waals surface area (Å²) >= 11 is 0. The largest absolute Gasteiger partial charge is 0.465 e. The third kappa shape index (κ3) is 6.55. The minimum atomic E-state index is -0.669. The van der Waals surface area contributed by atoms with Crippen molar-refractivity contribution >= 4 is 11.8 Å². The van der Waals surface area contributed by atoms with Crippen molar-refractivity contribution in [3.8, 4) is 11.8 Å². The predicted molar refractivity (Wildman–Crippen MR) is 79.3 cm³/mol. The highest BCUT2D eigenvalue weighted by molar-refractivity contribution is 6.16. The van der Waals surface area contributed by atoms with Crippen molar-refractivity contribution in [2.45, 2.75) is 20.0 Å². The Balaban J connectivity index is 2.35. The van der Waals surface area contributed by atoms with Gasteiger partial charge in [0.15, 0.2) is 5.78 Å². The van der Waals surface area contributed by atoms with E-state index in [-0.39, 0.29) is 11.4 Å². The van der Waals surface area contributed by atoms with Gasteiger partial charge in [0.05, 0.1) is 20.3 Å². The molecule has 0 aliphatic heterocycles. The molecular formula is C17H18O4. The molecule has 0 aliphatic rings. The molecule has 0 aliphatic carbocycles. The number of allylic oxidation sites excluding steroid dienone is 1. The number of benzene rings is 1. The summed E-state index contributed by atoms with van der Waals surface area (Å²) in [5.41, 5.74) is 1.06. The van der Waals surface area contributed by atoms with E-state index < -0.39 is 5.97 Å². The Hall–Kier alpha value is -2.38. The summed E-state index contributed by atoms with van der Waals surface area (Å²) in [6.45, 7) is 2.33. The average Bonchev–Trinajstić information content (AvgIpc) is 2.50. The molecule has 1 rings (SSSR count). The maximum atomic E-state index is 11.3. The van der Waals surface area contributed by atoms with Crippen LogP contribution in [0.1, 0.15) is 18.9 Å². The normalized spacial score (nSPS) is 10.5. The van der Waals surface area contributed by atoms with Gasteiger partial charge in [0.25, 0.3) is 0 Å². The van der Waals surface area contributed by atoms with Crippen molar-refractivity contribution < 1.29 is 19.1 Å². The van der Waals surface area contributed by atoms with Gasteiger partial charge in [-0.05, 0) is 12.5 Å². The summed E-state index contributed by atoms with van der Waals surface area (Å²) in [6, 6.07) is 9.85. The molecule has 0 saturated carbocycles. The van der Waals surface area contributed by atoms with Gasteiger partial charge in [-0.2, -0.15) is 0 Å². The number of esters is 1. The van der Waals surface area contributed by atoms with Crippen LogP contribution in [0.4, 0.5) is 0 Å². The fourth-order valence-corrected chi connectivity index (χ4v) is 1.50. The van der Waals surface area contributed by atoms with E-state index in [4.69, 9.17) is 4.74 Å². The lowest BCUT2D eigenvalue weighted by Gasteiger charge is -2.01. The van der Waals surface area contributed by atoms with Crippen LogP contribution in [-0.2, 0) is 25.7 Å². The van der Waals surface area contributed by atoms with E-state index in [1.165, 1.54) is 20.1 Å². The van der Waals surface area contributed by atoms with Crippen molar-refractivity contribution in [2.24, 2.45) is 0 Å². The van der Waals surface area contributed by atoms with E-state index in [0.717, 1.165) is 5.56 Å². The molecule has 0 bridgehead atoms. The molecule has 0 N–H and O–H groups in total. The van der Waals surface area contributed by atoms with Gasteiger partial charge in [-0.15, -0.1) is 0 Å². The second-order valence-electron chi connectivity index (χ2n) is 4.22. The van der Waals surface area contributed by atoms with E-state index in [9.17, 15) is 9.59 Å². The minimum Gasteiger partial charge on any atom is -0.465 e. The van der Waals surface area contributed by atoms with E-state index in [2.05, 4.69) is 16.6 Å². The van der Waals surface area contributed by atoms with Crippen LogP contribution in [0.2, 0.25) is 0 Å². The predicted octanol–water partition coefficient (Wildman–Crippen LogP) is 2.29. The molecule has 0 atom stereocenters. The number of Topliss-reactive ketones (excluding diaryl/α,β-unsaturated/α-hetero) is 1. The Bertz CT molecular complexity index is 561. The summed E-state index contributed by atoms with van der Waals surface area (Å²) in [7, 11) is 1.23. The first-order valence-electron chi connectivity index (χ1n) is 6.54. The van der Waals surface area contributed by atoms with Crippen LogP contribution in [0.5, 0.6) is 0 Å². The lowest BCUT2D eigenvalue weighted by molar-refractivity contribution is -0.137. The molecule has 0 amide bonds. The molecule has 0 aromatic heterocycles. The van der Waals surface area contributed by atoms with E-state index >= 15 is 0 Å². The fourth-order valence-electron chi connectivity index (χ4n) is 1.50.